The van der Waals surface area contributed by atoms with Gasteiger partial charge in [0.15, 0.2) is 17.2 Å². The number of hydrogen-bond donors (Lipinski definition) is 3. The van der Waals surface area contributed by atoms with E-state index in [1.165, 1.54) is 62.8 Å². The number of anilines is 3. The molecule has 3 aliphatic carbocycles. The summed E-state index contributed by atoms with van der Waals surface area (Å²) in [5, 5.41) is 19.0. The van der Waals surface area contributed by atoms with Gasteiger partial charge in [-0.25, -0.2) is 32.3 Å². The van der Waals surface area contributed by atoms with Crippen molar-refractivity contribution in [3.63, 3.8) is 0 Å². The Morgan fingerprint density at radius 1 is 0.433 bits per heavy atom. The lowest BCUT2D eigenvalue weighted by atomic mass is 9.81. The molecule has 694 valence electrons. The summed E-state index contributed by atoms with van der Waals surface area (Å²) in [6.07, 6.45) is -3.27. The third-order valence-electron chi connectivity index (χ3n) is 25.9. The fraction of sp³-hybridized carbons (Fsp3) is 0.543. The number of carbonyl (C=O) groups is 6. The number of carboxylic acids is 2. The van der Waals surface area contributed by atoms with Crippen LogP contribution in [-0.2, 0) is 76.0 Å². The van der Waals surface area contributed by atoms with Crippen LogP contribution < -0.4 is 20.4 Å². The summed E-state index contributed by atoms with van der Waals surface area (Å²) < 4.78 is 186. The SMILES string of the molecule is C.COC(=O)c1cc(N2CCN([C@@H]3CC[C@@](C(=O)CCc4cc(Cl)cc(C(F)(F)F)c4)(C4CC4)OC3)C[C@@H]2C)ccc1F.COC(=O)c1cc(N2CCN([C@@H]3CC[C@@](C(=O)O)(C4CC4)OC3)C[C@@H]2C)ccc1F.C[C@H]1CN([C@@H]2CC[C@@](C(=O)CCc3cc(Cl)cc(C(F)(F)F)c3)(C3CC3)OC2)CCN1c1ccc(F)c(C(=O)O)c1.NCc1cc(Cl)cc(C(F)(F)F)c1. The fourth-order valence-electron chi connectivity index (χ4n) is 18.7. The van der Waals surface area contributed by atoms with Crippen molar-refractivity contribution in [2.75, 3.05) is 108 Å². The molecule has 9 fully saturated rings. The summed E-state index contributed by atoms with van der Waals surface area (Å²) in [4.78, 5) is 87.4. The van der Waals surface area contributed by atoms with Crippen LogP contribution >= 0.6 is 34.8 Å². The first kappa shape index (κ1) is 99.3. The first-order chi connectivity index (χ1) is 59.6. The van der Waals surface area contributed by atoms with Crippen LogP contribution in [0.5, 0.6) is 0 Å². The van der Waals surface area contributed by atoms with Crippen molar-refractivity contribution in [1.82, 2.24) is 14.7 Å². The molecule has 6 aliphatic heterocycles. The number of rotatable bonds is 22. The molecule has 9 atom stereocenters. The van der Waals surface area contributed by atoms with Crippen LogP contribution in [0.1, 0.15) is 183 Å². The molecule has 9 aliphatic rings. The van der Waals surface area contributed by atoms with Gasteiger partial charge >= 0.3 is 42.4 Å². The summed E-state index contributed by atoms with van der Waals surface area (Å²) in [7, 11) is 2.46. The maximum atomic E-state index is 14.2. The highest BCUT2D eigenvalue weighted by Gasteiger charge is 2.57. The molecule has 0 radical (unpaired) electrons. The first-order valence-electron chi connectivity index (χ1n) is 42.4. The zero-order valence-corrected chi connectivity index (χ0v) is 72.7. The Morgan fingerprint density at radius 3 is 1.01 bits per heavy atom. The van der Waals surface area contributed by atoms with E-state index in [2.05, 4.69) is 48.0 Å². The quantitative estimate of drug-likeness (QED) is 0.0423. The van der Waals surface area contributed by atoms with Crippen LogP contribution in [0.25, 0.3) is 0 Å². The number of piperazine rings is 3. The molecule has 0 unspecified atom stereocenters. The highest BCUT2D eigenvalue weighted by Crippen LogP contribution is 2.52. The lowest BCUT2D eigenvalue weighted by Gasteiger charge is -2.48. The van der Waals surface area contributed by atoms with Gasteiger partial charge in [0.05, 0.1) is 67.4 Å². The van der Waals surface area contributed by atoms with E-state index in [0.717, 1.165) is 138 Å². The maximum absolute atomic E-state index is 14.2. The Balaban J connectivity index is 0.000000173. The number of benzene rings is 6. The number of carboxylic acid groups (broad SMARTS) is 2. The molecule has 6 aromatic rings. The van der Waals surface area contributed by atoms with Crippen LogP contribution in [0.15, 0.2) is 109 Å². The number of carbonyl (C=O) groups excluding carboxylic acids is 4. The molecule has 0 spiro atoms. The van der Waals surface area contributed by atoms with Gasteiger partial charge in [0.1, 0.15) is 28.7 Å². The number of nitrogens with zero attached hydrogens (tertiary/aromatic N) is 6. The molecular formula is C92H108Cl3F12N7O13. The number of alkyl halides is 9. The number of methoxy groups -OCH3 is 2. The van der Waals surface area contributed by atoms with Crippen molar-refractivity contribution in [2.24, 2.45) is 23.5 Å². The summed E-state index contributed by atoms with van der Waals surface area (Å²) in [5.41, 5.74) is 2.89. The molecule has 0 amide bonds. The van der Waals surface area contributed by atoms with E-state index < -0.39 is 93.4 Å². The molecule has 6 saturated heterocycles. The predicted octanol–water partition coefficient (Wildman–Crippen LogP) is 18.5. The van der Waals surface area contributed by atoms with E-state index in [0.29, 0.717) is 87.6 Å². The monoisotopic (exact) mass is 1850 g/mol. The number of halogens is 15. The number of aryl methyl sites for hydroxylation is 2. The average molecular weight is 1850 g/mol. The molecule has 127 heavy (non-hydrogen) atoms. The Labute approximate surface area is 745 Å². The van der Waals surface area contributed by atoms with E-state index in [4.69, 9.17) is 59.5 Å². The summed E-state index contributed by atoms with van der Waals surface area (Å²) in [6.45, 7) is 14.0. The predicted molar refractivity (Wildman–Crippen MR) is 456 cm³/mol. The first-order valence-corrected chi connectivity index (χ1v) is 43.5. The minimum atomic E-state index is -4.51. The van der Waals surface area contributed by atoms with Gasteiger partial charge in [-0.2, -0.15) is 39.5 Å². The van der Waals surface area contributed by atoms with Crippen molar-refractivity contribution in [3.8, 4) is 0 Å². The van der Waals surface area contributed by atoms with E-state index >= 15 is 0 Å². The summed E-state index contributed by atoms with van der Waals surface area (Å²) in [6, 6.07) is 24.0. The van der Waals surface area contributed by atoms with Crippen molar-refractivity contribution in [3.05, 3.63) is 192 Å². The summed E-state index contributed by atoms with van der Waals surface area (Å²) in [5.74, 6) is -5.16. The second kappa shape index (κ2) is 41.4. The Hall–Kier alpha value is -8.31. The number of ether oxygens (including phenoxy) is 5. The van der Waals surface area contributed by atoms with Gasteiger partial charge in [-0.1, -0.05) is 42.2 Å². The maximum Gasteiger partial charge on any atom is 0.416 e. The van der Waals surface area contributed by atoms with Crippen molar-refractivity contribution in [2.45, 2.75) is 209 Å². The lowest BCUT2D eigenvalue weighted by molar-refractivity contribution is -0.182. The lowest BCUT2D eigenvalue weighted by Crippen LogP contribution is -2.59. The largest absolute Gasteiger partial charge is 0.479 e. The minimum absolute atomic E-state index is 0. The van der Waals surface area contributed by atoms with E-state index in [-0.39, 0.29) is 137 Å². The number of aliphatic carboxylic acids is 1. The van der Waals surface area contributed by atoms with Crippen molar-refractivity contribution < 1.29 is 115 Å². The van der Waals surface area contributed by atoms with Crippen LogP contribution in [0, 0.1) is 35.2 Å². The van der Waals surface area contributed by atoms with Gasteiger partial charge < -0.3 is 54.3 Å². The topological polar surface area (TPSA) is 234 Å². The smallest absolute Gasteiger partial charge is 0.416 e. The second-order valence-corrected chi connectivity index (χ2v) is 35.6. The van der Waals surface area contributed by atoms with Gasteiger partial charge in [-0.05, 0) is 254 Å². The third-order valence-corrected chi connectivity index (χ3v) is 26.6. The Morgan fingerprint density at radius 2 is 0.732 bits per heavy atom. The van der Waals surface area contributed by atoms with Crippen LogP contribution in [-0.4, -0.2) is 206 Å². The third kappa shape index (κ3) is 23.9. The van der Waals surface area contributed by atoms with Gasteiger partial charge in [-0.15, -0.1) is 0 Å². The van der Waals surface area contributed by atoms with Crippen LogP contribution in [0.3, 0.4) is 0 Å². The Kier molecular flexibility index (Phi) is 32.4. The van der Waals surface area contributed by atoms with Crippen LogP contribution in [0.4, 0.5) is 69.7 Å². The van der Waals surface area contributed by atoms with Crippen molar-refractivity contribution in [1.29, 1.82) is 0 Å². The van der Waals surface area contributed by atoms with Crippen LogP contribution in [0.2, 0.25) is 15.1 Å². The average Bonchev–Trinajstić information content (AvgIpc) is 1.64. The zero-order valence-electron chi connectivity index (χ0n) is 70.4. The molecule has 3 saturated carbocycles. The molecule has 4 N–H and O–H groups in total. The number of aromatic carboxylic acids is 1. The summed E-state index contributed by atoms with van der Waals surface area (Å²) >= 11 is 17.3. The minimum Gasteiger partial charge on any atom is -0.479 e. The number of hydrogen-bond acceptors (Lipinski definition) is 18. The number of nitrogens with two attached hydrogens (primary N) is 1. The molecule has 0 bridgehead atoms. The number of ketones is 2. The molecule has 0 aromatic heterocycles. The highest BCUT2D eigenvalue weighted by atomic mass is 35.5. The Bertz CT molecular complexity index is 4900. The molecule has 15 rings (SSSR count). The van der Waals surface area contributed by atoms with Gasteiger partial charge in [0.2, 0.25) is 0 Å². The van der Waals surface area contributed by atoms with E-state index in [1.54, 1.807) is 24.3 Å². The van der Waals surface area contributed by atoms with Gasteiger partial charge in [0, 0.05) is 147 Å². The van der Waals surface area contributed by atoms with E-state index in [9.17, 15) is 91.7 Å². The normalized spacial score (nSPS) is 25.0. The molecule has 6 heterocycles. The molecule has 35 heteroatoms. The fourth-order valence-corrected chi connectivity index (χ4v) is 19.5. The number of Topliss-reactive ketones (excluding diaryl/α,β-unsaturated/α-hetero) is 2. The number of esters is 2. The van der Waals surface area contributed by atoms with Crippen molar-refractivity contribution >= 4 is 87.3 Å². The zero-order chi connectivity index (χ0) is 91.3. The molecule has 20 nitrogen and oxygen atoms in total. The van der Waals surface area contributed by atoms with Gasteiger partial charge in [-0.3, -0.25) is 24.3 Å². The second-order valence-electron chi connectivity index (χ2n) is 34.3. The standard InChI is InChI=1S/C31H35ClF4N2O4.C30H33ClF4N2O4.C22H29FN2O5.C8H7ClF3N.CH4/c1-19-17-37(11-12-38(19)24-6-7-27(33)26(16-24)29(40)41-2)25-9-10-30(42-18-25,21-4-5-21)28(39)8-3-20-13-22(31(34,35)36)15-23(32)14-20;1-18-16-36(10-11-37(18)23-5-6-26(32)25(15-23)28(39)40)24-8-9-29(41-17-24,20-3-4-20)27(38)7-2-19-12-21(30(33,34)35)14-22(31)13-19;1-14-12-24(17-7-8-22(21(27)28,30-13-17)15-3-4-15)9-10-25(14)16-5-6-19(23)18(11-16)20(26)29-2;9-7-2-5(4-13)1-6(3-7)8(10,11)12;/h6-7,13-16,19,21,25H,3-5,8-12,17-18H2,1-2H3;5-6,12-15,18,20,24H,2-4,7-11,16-17H2,1H3,(H,39,40);5-6,11,14-15,17H,3-4,7-10,12-13H2,1-2H3,(H,27,28);1-3H,4,13H2;1H4/t19-,25+,30-;18-,24+,29-;14-,17+,22-;;/m000../s1. The van der Waals surface area contributed by atoms with Gasteiger partial charge in [0.25, 0.3) is 0 Å². The molecular weight excluding hydrogens is 1750 g/mol. The van der Waals surface area contributed by atoms with E-state index in [1.807, 2.05) is 6.92 Å². The highest BCUT2D eigenvalue weighted by molar-refractivity contribution is 6.31. The molecule has 6 aromatic carbocycles.